The average Bonchev–Trinajstić information content (AvgIpc) is 2.03. The molecule has 0 radical (unpaired) electrons. The monoisotopic (exact) mass is 149 g/mol. The third-order valence-corrected chi connectivity index (χ3v) is 1.25. The molecule has 0 aliphatic carbocycles. The molecule has 0 atom stereocenters. The van der Waals surface area contributed by atoms with Gasteiger partial charge in [-0.05, 0) is 12.1 Å². The van der Waals surface area contributed by atoms with Gasteiger partial charge in [0.05, 0.1) is 5.69 Å². The smallest absolute Gasteiger partial charge is 0.149 e. The summed E-state index contributed by atoms with van der Waals surface area (Å²) in [4.78, 5) is 4.03. The Hall–Kier alpha value is -1.51. The van der Waals surface area contributed by atoms with Gasteiger partial charge in [0.15, 0.2) is 0 Å². The van der Waals surface area contributed by atoms with Crippen molar-refractivity contribution in [2.24, 2.45) is 0 Å². The molecule has 1 rings (SSSR count). The zero-order valence-corrected chi connectivity index (χ0v) is 6.25. The summed E-state index contributed by atoms with van der Waals surface area (Å²) in [6, 6.07) is 3.60. The number of nitrogens with one attached hydrogen (secondary N) is 1. The van der Waals surface area contributed by atoms with Crippen LogP contribution in [0.4, 0.5) is 11.5 Å². The van der Waals surface area contributed by atoms with E-state index in [0.717, 1.165) is 0 Å². The lowest BCUT2D eigenvalue weighted by molar-refractivity contribution is 1.23. The van der Waals surface area contributed by atoms with Crippen LogP contribution >= 0.6 is 0 Å². The Bertz CT molecular complexity index is 245. The molecule has 1 aromatic heterocycles. The van der Waals surface area contributed by atoms with E-state index in [0.29, 0.717) is 18.1 Å². The Labute approximate surface area is 65.9 Å². The molecule has 58 valence electrons. The largest absolute Gasteiger partial charge is 0.396 e. The zero-order valence-electron chi connectivity index (χ0n) is 6.25. The highest BCUT2D eigenvalue weighted by Gasteiger charge is 1.94. The van der Waals surface area contributed by atoms with Crippen molar-refractivity contribution in [3.05, 3.63) is 31.0 Å². The molecule has 0 unspecified atom stereocenters. The molecule has 3 N–H and O–H groups in total. The summed E-state index contributed by atoms with van der Waals surface area (Å²) in [6.45, 7) is 4.26. The van der Waals surface area contributed by atoms with E-state index in [1.54, 1.807) is 24.4 Å². The van der Waals surface area contributed by atoms with Crippen molar-refractivity contribution < 1.29 is 0 Å². The van der Waals surface area contributed by atoms with Crippen LogP contribution < -0.4 is 11.1 Å². The average molecular weight is 149 g/mol. The van der Waals surface area contributed by atoms with Crippen LogP contribution in [0.3, 0.4) is 0 Å². The number of nitrogen functional groups attached to an aromatic ring is 1. The molecule has 1 aromatic rings. The summed E-state index contributed by atoms with van der Waals surface area (Å²) in [5.74, 6) is 0.715. The van der Waals surface area contributed by atoms with Gasteiger partial charge >= 0.3 is 0 Å². The number of hydrogen-bond acceptors (Lipinski definition) is 3. The molecule has 0 fully saturated rings. The fraction of sp³-hybridized carbons (Fsp3) is 0.125. The number of hydrogen-bond donors (Lipinski definition) is 2. The van der Waals surface area contributed by atoms with Crippen LogP contribution in [-0.2, 0) is 0 Å². The molecule has 3 heteroatoms. The van der Waals surface area contributed by atoms with Crippen LogP contribution in [0.1, 0.15) is 0 Å². The van der Waals surface area contributed by atoms with Crippen LogP contribution in [-0.4, -0.2) is 11.5 Å². The first-order valence-electron chi connectivity index (χ1n) is 3.40. The van der Waals surface area contributed by atoms with Crippen molar-refractivity contribution in [3.8, 4) is 0 Å². The van der Waals surface area contributed by atoms with Gasteiger partial charge in [-0.25, -0.2) is 4.98 Å². The van der Waals surface area contributed by atoms with Crippen LogP contribution in [0.2, 0.25) is 0 Å². The van der Waals surface area contributed by atoms with Gasteiger partial charge in [-0.3, -0.25) is 0 Å². The van der Waals surface area contributed by atoms with Crippen LogP contribution in [0.15, 0.2) is 31.0 Å². The van der Waals surface area contributed by atoms with Crippen molar-refractivity contribution in [1.82, 2.24) is 4.98 Å². The standard InChI is InChI=1S/C8H11N3/c1-2-5-10-8-7(9)4-3-6-11-8/h2-4,6H,1,5,9H2,(H,10,11). The second kappa shape index (κ2) is 3.61. The van der Waals surface area contributed by atoms with Crippen LogP contribution in [0.25, 0.3) is 0 Å². The summed E-state index contributed by atoms with van der Waals surface area (Å²) in [5.41, 5.74) is 6.26. The van der Waals surface area contributed by atoms with Gasteiger partial charge in [0.2, 0.25) is 0 Å². The fourth-order valence-electron chi connectivity index (χ4n) is 0.734. The zero-order chi connectivity index (χ0) is 8.10. The van der Waals surface area contributed by atoms with Gasteiger partial charge in [-0.1, -0.05) is 6.08 Å². The first-order chi connectivity index (χ1) is 5.34. The predicted molar refractivity (Wildman–Crippen MR) is 47.3 cm³/mol. The Morgan fingerprint density at radius 3 is 3.18 bits per heavy atom. The van der Waals surface area contributed by atoms with Crippen molar-refractivity contribution in [2.75, 3.05) is 17.6 Å². The van der Waals surface area contributed by atoms with E-state index >= 15 is 0 Å². The van der Waals surface area contributed by atoms with E-state index in [1.807, 2.05) is 0 Å². The van der Waals surface area contributed by atoms with Crippen molar-refractivity contribution >= 4 is 11.5 Å². The highest BCUT2D eigenvalue weighted by Crippen LogP contribution is 2.11. The Balaban J connectivity index is 2.69. The Kier molecular flexibility index (Phi) is 2.49. The van der Waals surface area contributed by atoms with E-state index in [9.17, 15) is 0 Å². The van der Waals surface area contributed by atoms with E-state index in [2.05, 4.69) is 16.9 Å². The lowest BCUT2D eigenvalue weighted by Crippen LogP contribution is -2.03. The molecule has 0 amide bonds. The number of nitrogens with zero attached hydrogens (tertiary/aromatic N) is 1. The predicted octanol–water partition coefficient (Wildman–Crippen LogP) is 1.26. The summed E-state index contributed by atoms with van der Waals surface area (Å²) >= 11 is 0. The maximum atomic E-state index is 5.60. The van der Waals surface area contributed by atoms with Gasteiger partial charge < -0.3 is 11.1 Å². The summed E-state index contributed by atoms with van der Waals surface area (Å²) < 4.78 is 0. The maximum Gasteiger partial charge on any atom is 0.149 e. The first-order valence-corrected chi connectivity index (χ1v) is 3.40. The number of anilines is 2. The van der Waals surface area contributed by atoms with Gasteiger partial charge in [0.25, 0.3) is 0 Å². The molecular weight excluding hydrogens is 138 g/mol. The van der Waals surface area contributed by atoms with Crippen molar-refractivity contribution in [3.63, 3.8) is 0 Å². The van der Waals surface area contributed by atoms with E-state index in [4.69, 9.17) is 5.73 Å². The number of nitrogens with two attached hydrogens (primary N) is 1. The number of aromatic nitrogens is 1. The molecule has 3 nitrogen and oxygen atoms in total. The Morgan fingerprint density at radius 1 is 1.73 bits per heavy atom. The molecule has 0 saturated carbocycles. The normalized spacial score (nSPS) is 9.09. The van der Waals surface area contributed by atoms with Crippen molar-refractivity contribution in [2.45, 2.75) is 0 Å². The minimum Gasteiger partial charge on any atom is -0.396 e. The molecule has 0 aliphatic heterocycles. The van der Waals surface area contributed by atoms with Gasteiger partial charge in [-0.15, -0.1) is 6.58 Å². The first kappa shape index (κ1) is 7.60. The van der Waals surface area contributed by atoms with Gasteiger partial charge in [-0.2, -0.15) is 0 Å². The lowest BCUT2D eigenvalue weighted by Gasteiger charge is -2.03. The van der Waals surface area contributed by atoms with Gasteiger partial charge in [0.1, 0.15) is 5.82 Å². The van der Waals surface area contributed by atoms with Crippen LogP contribution in [0.5, 0.6) is 0 Å². The lowest BCUT2D eigenvalue weighted by atomic mass is 10.4. The molecule has 11 heavy (non-hydrogen) atoms. The van der Waals surface area contributed by atoms with Gasteiger partial charge in [0, 0.05) is 12.7 Å². The van der Waals surface area contributed by atoms with Crippen LogP contribution in [0, 0.1) is 0 Å². The van der Waals surface area contributed by atoms with Crippen molar-refractivity contribution in [1.29, 1.82) is 0 Å². The number of rotatable bonds is 3. The highest BCUT2D eigenvalue weighted by atomic mass is 15.0. The molecule has 0 bridgehead atoms. The highest BCUT2D eigenvalue weighted by molar-refractivity contribution is 5.60. The molecule has 0 aromatic carbocycles. The summed E-state index contributed by atoms with van der Waals surface area (Å²) in [5, 5.41) is 3.01. The minimum atomic E-state index is 0.661. The van der Waals surface area contributed by atoms with E-state index < -0.39 is 0 Å². The number of pyridine rings is 1. The minimum absolute atomic E-state index is 0.661. The fourth-order valence-corrected chi connectivity index (χ4v) is 0.734. The molecule has 0 saturated heterocycles. The second-order valence-corrected chi connectivity index (χ2v) is 2.11. The molecule has 1 heterocycles. The quantitative estimate of drug-likeness (QED) is 0.636. The topological polar surface area (TPSA) is 50.9 Å². The van der Waals surface area contributed by atoms with E-state index in [1.165, 1.54) is 0 Å². The molecular formula is C8H11N3. The summed E-state index contributed by atoms with van der Waals surface area (Å²) in [7, 11) is 0. The Morgan fingerprint density at radius 2 is 2.55 bits per heavy atom. The maximum absolute atomic E-state index is 5.60. The molecule has 0 spiro atoms. The summed E-state index contributed by atoms with van der Waals surface area (Å²) in [6.07, 6.45) is 3.45. The molecule has 0 aliphatic rings. The van der Waals surface area contributed by atoms with E-state index in [-0.39, 0.29) is 0 Å². The second-order valence-electron chi connectivity index (χ2n) is 2.11. The third-order valence-electron chi connectivity index (χ3n) is 1.25. The third kappa shape index (κ3) is 1.97. The SMILES string of the molecule is C=CCNc1ncccc1N.